The minimum Gasteiger partial charge on any atom is -0.491 e. The molecule has 0 aliphatic heterocycles. The van der Waals surface area contributed by atoms with Crippen molar-refractivity contribution >= 4 is 5.78 Å². The second kappa shape index (κ2) is 12.9. The van der Waals surface area contributed by atoms with Crippen LogP contribution in [-0.2, 0) is 17.6 Å². The predicted octanol–water partition coefficient (Wildman–Crippen LogP) is 3.34. The van der Waals surface area contributed by atoms with Crippen LogP contribution in [0.25, 0.3) is 0 Å². The molecule has 0 atom stereocenters. The smallest absolute Gasteiger partial charge is 0.132 e. The molecule has 152 valence electrons. The molecule has 0 heterocycles. The van der Waals surface area contributed by atoms with E-state index in [-0.39, 0.29) is 32.2 Å². The Bertz CT molecular complexity index is 654. The highest BCUT2D eigenvalue weighted by atomic mass is 16.5. The molecule has 2 aromatic rings. The molecule has 0 aliphatic rings. The average Bonchev–Trinajstić information content (AvgIpc) is 2.72. The van der Waals surface area contributed by atoms with Crippen molar-refractivity contribution in [2.45, 2.75) is 38.5 Å². The van der Waals surface area contributed by atoms with Gasteiger partial charge in [-0.3, -0.25) is 4.79 Å². The van der Waals surface area contributed by atoms with Gasteiger partial charge in [0.25, 0.3) is 0 Å². The lowest BCUT2D eigenvalue weighted by Gasteiger charge is -2.11. The number of rotatable bonds is 14. The monoisotopic (exact) mass is 386 g/mol. The second-order valence-electron chi connectivity index (χ2n) is 6.61. The number of hydrogen-bond donors (Lipinski definition) is 2. The van der Waals surface area contributed by atoms with Gasteiger partial charge in [0, 0.05) is 12.8 Å². The molecule has 0 bridgehead atoms. The van der Waals surface area contributed by atoms with E-state index >= 15 is 0 Å². The van der Waals surface area contributed by atoms with Crippen LogP contribution in [0.1, 0.15) is 36.8 Å². The highest BCUT2D eigenvalue weighted by molar-refractivity contribution is 5.78. The summed E-state index contributed by atoms with van der Waals surface area (Å²) in [5, 5.41) is 17.8. The highest BCUT2D eigenvalue weighted by Gasteiger charge is 2.08. The molecule has 0 saturated heterocycles. The number of ether oxygens (including phenoxy) is 2. The standard InChI is InChI=1S/C23H30O5/c24-15-17-27-22-13-3-1-7-19(22)9-5-11-21(26)12-6-10-20-8-2-4-14-23(20)28-18-16-25/h1-4,7-8,13-14,24-25H,5-6,9-12,15-18H2. The fourth-order valence-electron chi connectivity index (χ4n) is 3.09. The number of carbonyl (C=O) groups excluding carboxylic acids is 1. The van der Waals surface area contributed by atoms with Gasteiger partial charge in [-0.2, -0.15) is 0 Å². The lowest BCUT2D eigenvalue weighted by atomic mass is 10.0. The zero-order valence-electron chi connectivity index (χ0n) is 16.3. The van der Waals surface area contributed by atoms with E-state index < -0.39 is 0 Å². The van der Waals surface area contributed by atoms with Gasteiger partial charge in [0.15, 0.2) is 0 Å². The van der Waals surface area contributed by atoms with Gasteiger partial charge in [-0.25, -0.2) is 0 Å². The van der Waals surface area contributed by atoms with E-state index in [4.69, 9.17) is 19.7 Å². The van der Waals surface area contributed by atoms with E-state index in [2.05, 4.69) is 0 Å². The molecule has 0 saturated carbocycles. The number of aryl methyl sites for hydroxylation is 2. The summed E-state index contributed by atoms with van der Waals surface area (Å²) < 4.78 is 11.1. The normalized spacial score (nSPS) is 10.6. The Morgan fingerprint density at radius 3 is 1.57 bits per heavy atom. The Morgan fingerprint density at radius 1 is 0.714 bits per heavy atom. The molecule has 5 heteroatoms. The van der Waals surface area contributed by atoms with Crippen molar-refractivity contribution < 1.29 is 24.5 Å². The molecule has 0 radical (unpaired) electrons. The van der Waals surface area contributed by atoms with E-state index in [1.54, 1.807) is 0 Å². The van der Waals surface area contributed by atoms with Crippen LogP contribution >= 0.6 is 0 Å². The number of Topliss-reactive ketones (excluding diaryl/α,β-unsaturated/α-hetero) is 1. The van der Waals surface area contributed by atoms with Gasteiger partial charge >= 0.3 is 0 Å². The van der Waals surface area contributed by atoms with Crippen LogP contribution in [0.3, 0.4) is 0 Å². The SMILES string of the molecule is O=C(CCCc1ccccc1OCCO)CCCc1ccccc1OCCO. The van der Waals surface area contributed by atoms with Crippen LogP contribution in [0.4, 0.5) is 0 Å². The maximum Gasteiger partial charge on any atom is 0.132 e. The zero-order valence-corrected chi connectivity index (χ0v) is 16.3. The molecular weight excluding hydrogens is 356 g/mol. The number of carbonyl (C=O) groups is 1. The first-order valence-electron chi connectivity index (χ1n) is 9.89. The molecule has 2 rings (SSSR count). The Morgan fingerprint density at radius 2 is 1.14 bits per heavy atom. The molecule has 0 fully saturated rings. The minimum atomic E-state index is -0.0129. The number of hydrogen-bond acceptors (Lipinski definition) is 5. The molecule has 0 spiro atoms. The first-order chi connectivity index (χ1) is 13.7. The third-order valence-corrected chi connectivity index (χ3v) is 4.45. The Labute approximate surface area is 166 Å². The number of aliphatic hydroxyl groups is 2. The lowest BCUT2D eigenvalue weighted by molar-refractivity contribution is -0.119. The van der Waals surface area contributed by atoms with Crippen molar-refractivity contribution in [3.63, 3.8) is 0 Å². The van der Waals surface area contributed by atoms with Gasteiger partial charge < -0.3 is 19.7 Å². The summed E-state index contributed by atoms with van der Waals surface area (Å²) in [7, 11) is 0. The van der Waals surface area contributed by atoms with Gasteiger partial charge in [-0.05, 0) is 48.9 Å². The third kappa shape index (κ3) is 7.71. The maximum atomic E-state index is 12.2. The molecule has 0 aliphatic carbocycles. The van der Waals surface area contributed by atoms with E-state index in [0.29, 0.717) is 12.8 Å². The van der Waals surface area contributed by atoms with Crippen molar-refractivity contribution in [3.05, 3.63) is 59.7 Å². The zero-order chi connectivity index (χ0) is 20.0. The summed E-state index contributed by atoms with van der Waals surface area (Å²) in [4.78, 5) is 12.2. The van der Waals surface area contributed by atoms with Crippen molar-refractivity contribution in [1.29, 1.82) is 0 Å². The lowest BCUT2D eigenvalue weighted by Crippen LogP contribution is -2.05. The van der Waals surface area contributed by atoms with Crippen molar-refractivity contribution in [2.24, 2.45) is 0 Å². The first-order valence-corrected chi connectivity index (χ1v) is 9.89. The molecular formula is C23H30O5. The Balaban J connectivity index is 1.71. The van der Waals surface area contributed by atoms with Crippen molar-refractivity contribution in [1.82, 2.24) is 0 Å². The molecule has 0 aromatic heterocycles. The fraction of sp³-hybridized carbons (Fsp3) is 0.435. The van der Waals surface area contributed by atoms with Gasteiger partial charge in [0.05, 0.1) is 13.2 Å². The van der Waals surface area contributed by atoms with Crippen LogP contribution < -0.4 is 9.47 Å². The van der Waals surface area contributed by atoms with E-state index in [1.165, 1.54) is 0 Å². The Kier molecular flexibility index (Phi) is 10.1. The number of benzene rings is 2. The molecule has 2 aromatic carbocycles. The topological polar surface area (TPSA) is 76.0 Å². The molecule has 2 N–H and O–H groups in total. The van der Waals surface area contributed by atoms with E-state index in [0.717, 1.165) is 48.3 Å². The van der Waals surface area contributed by atoms with E-state index in [9.17, 15) is 4.79 Å². The van der Waals surface area contributed by atoms with Crippen LogP contribution in [0.5, 0.6) is 11.5 Å². The van der Waals surface area contributed by atoms with Gasteiger partial charge in [-0.15, -0.1) is 0 Å². The minimum absolute atomic E-state index is 0.0129. The molecule has 0 amide bonds. The highest BCUT2D eigenvalue weighted by Crippen LogP contribution is 2.22. The predicted molar refractivity (Wildman–Crippen MR) is 109 cm³/mol. The van der Waals surface area contributed by atoms with Crippen LogP contribution in [0.2, 0.25) is 0 Å². The van der Waals surface area contributed by atoms with Gasteiger partial charge in [0.2, 0.25) is 0 Å². The second-order valence-corrected chi connectivity index (χ2v) is 6.61. The quantitative estimate of drug-likeness (QED) is 0.521. The van der Waals surface area contributed by atoms with Crippen molar-refractivity contribution in [3.8, 4) is 11.5 Å². The summed E-state index contributed by atoms with van der Waals surface area (Å²) in [5.74, 6) is 1.83. The molecule has 0 unspecified atom stereocenters. The van der Waals surface area contributed by atoms with E-state index in [1.807, 2.05) is 48.5 Å². The fourth-order valence-corrected chi connectivity index (χ4v) is 3.09. The largest absolute Gasteiger partial charge is 0.491 e. The molecule has 28 heavy (non-hydrogen) atoms. The summed E-state index contributed by atoms with van der Waals surface area (Å²) in [6.07, 6.45) is 4.24. The van der Waals surface area contributed by atoms with Crippen LogP contribution in [0.15, 0.2) is 48.5 Å². The number of ketones is 1. The summed E-state index contributed by atoms with van der Waals surface area (Å²) in [5.41, 5.74) is 2.14. The first kappa shape index (κ1) is 21.9. The summed E-state index contributed by atoms with van der Waals surface area (Å²) in [6, 6.07) is 15.5. The van der Waals surface area contributed by atoms with Gasteiger partial charge in [0.1, 0.15) is 30.5 Å². The van der Waals surface area contributed by atoms with Gasteiger partial charge in [-0.1, -0.05) is 36.4 Å². The van der Waals surface area contributed by atoms with Crippen LogP contribution in [-0.4, -0.2) is 42.4 Å². The number of aliphatic hydroxyl groups excluding tert-OH is 2. The Hall–Kier alpha value is -2.37. The average molecular weight is 386 g/mol. The maximum absolute atomic E-state index is 12.2. The summed E-state index contributed by atoms with van der Waals surface area (Å²) in [6.45, 7) is 0.529. The third-order valence-electron chi connectivity index (χ3n) is 4.45. The van der Waals surface area contributed by atoms with Crippen molar-refractivity contribution in [2.75, 3.05) is 26.4 Å². The summed E-state index contributed by atoms with van der Waals surface area (Å²) >= 11 is 0. The number of para-hydroxylation sites is 2. The van der Waals surface area contributed by atoms with Crippen LogP contribution in [0, 0.1) is 0 Å². The molecule has 5 nitrogen and oxygen atoms in total.